The van der Waals surface area contributed by atoms with Gasteiger partial charge in [0.15, 0.2) is 5.96 Å². The second-order valence-electron chi connectivity index (χ2n) is 5.62. The van der Waals surface area contributed by atoms with Crippen molar-refractivity contribution in [2.75, 3.05) is 13.2 Å². The van der Waals surface area contributed by atoms with Crippen molar-refractivity contribution in [2.24, 2.45) is 10.7 Å². The third kappa shape index (κ3) is 4.06. The number of para-hydroxylation sites is 1. The molecule has 0 saturated carbocycles. The molecular formula is C18H19BrFN3O. The average Bonchev–Trinajstić information content (AvgIpc) is 2.58. The highest BCUT2D eigenvalue weighted by Crippen LogP contribution is 2.31. The summed E-state index contributed by atoms with van der Waals surface area (Å²) < 4.78 is 20.2. The van der Waals surface area contributed by atoms with E-state index in [1.807, 2.05) is 24.3 Å². The number of nitrogens with zero attached hydrogens (tertiary/aromatic N) is 1. The molecule has 4 nitrogen and oxygen atoms in total. The van der Waals surface area contributed by atoms with Crippen LogP contribution in [0, 0.1) is 5.82 Å². The Morgan fingerprint density at radius 2 is 2.17 bits per heavy atom. The summed E-state index contributed by atoms with van der Waals surface area (Å²) in [4.78, 5) is 4.32. The molecule has 3 rings (SSSR count). The van der Waals surface area contributed by atoms with Crippen molar-refractivity contribution in [2.45, 2.75) is 18.9 Å². The summed E-state index contributed by atoms with van der Waals surface area (Å²) in [7, 11) is 0. The number of hydrogen-bond acceptors (Lipinski definition) is 2. The smallest absolute Gasteiger partial charge is 0.189 e. The number of fused-ring (bicyclic) bond motifs is 1. The number of halogens is 2. The third-order valence-electron chi connectivity index (χ3n) is 3.95. The highest BCUT2D eigenvalue weighted by Gasteiger charge is 2.21. The second-order valence-corrected chi connectivity index (χ2v) is 6.54. The topological polar surface area (TPSA) is 59.6 Å². The highest BCUT2D eigenvalue weighted by atomic mass is 79.9. The first-order valence-electron chi connectivity index (χ1n) is 7.85. The van der Waals surface area contributed by atoms with Gasteiger partial charge in [0.1, 0.15) is 11.6 Å². The van der Waals surface area contributed by atoms with Gasteiger partial charge in [-0.15, -0.1) is 0 Å². The highest BCUT2D eigenvalue weighted by molar-refractivity contribution is 9.10. The van der Waals surface area contributed by atoms with E-state index in [0.717, 1.165) is 22.2 Å². The van der Waals surface area contributed by atoms with E-state index in [1.165, 1.54) is 6.07 Å². The first-order chi connectivity index (χ1) is 11.6. The molecule has 0 fully saturated rings. The van der Waals surface area contributed by atoms with Crippen LogP contribution >= 0.6 is 15.9 Å². The van der Waals surface area contributed by atoms with Crippen LogP contribution in [0.25, 0.3) is 0 Å². The zero-order valence-corrected chi connectivity index (χ0v) is 14.7. The molecule has 0 aliphatic carbocycles. The van der Waals surface area contributed by atoms with Gasteiger partial charge in [-0.3, -0.25) is 4.99 Å². The number of rotatable bonds is 4. The molecule has 24 heavy (non-hydrogen) atoms. The first kappa shape index (κ1) is 16.8. The molecule has 0 radical (unpaired) electrons. The van der Waals surface area contributed by atoms with Gasteiger partial charge in [0.05, 0.1) is 12.6 Å². The average molecular weight is 392 g/mol. The predicted molar refractivity (Wildman–Crippen MR) is 96.7 cm³/mol. The summed E-state index contributed by atoms with van der Waals surface area (Å²) >= 11 is 3.35. The maximum atomic E-state index is 13.7. The minimum absolute atomic E-state index is 0.0845. The molecule has 0 spiro atoms. The molecule has 6 heteroatoms. The lowest BCUT2D eigenvalue weighted by atomic mass is 10.0. The zero-order chi connectivity index (χ0) is 16.9. The summed E-state index contributed by atoms with van der Waals surface area (Å²) in [5.74, 6) is 1.02. The Kier molecular flexibility index (Phi) is 5.35. The largest absolute Gasteiger partial charge is 0.493 e. The van der Waals surface area contributed by atoms with Crippen LogP contribution in [-0.4, -0.2) is 19.1 Å². The van der Waals surface area contributed by atoms with E-state index in [9.17, 15) is 4.39 Å². The fourth-order valence-electron chi connectivity index (χ4n) is 2.75. The molecule has 2 aromatic rings. The van der Waals surface area contributed by atoms with Crippen molar-refractivity contribution in [3.63, 3.8) is 0 Å². The Labute approximate surface area is 149 Å². The van der Waals surface area contributed by atoms with Crippen LogP contribution in [0.1, 0.15) is 23.6 Å². The molecule has 0 amide bonds. The number of guanidine groups is 1. The summed E-state index contributed by atoms with van der Waals surface area (Å²) in [5.41, 5.74) is 7.69. The van der Waals surface area contributed by atoms with Crippen LogP contribution in [0.2, 0.25) is 0 Å². The Morgan fingerprint density at radius 3 is 3.04 bits per heavy atom. The summed E-state index contributed by atoms with van der Waals surface area (Å²) in [6.45, 7) is 1.07. The van der Waals surface area contributed by atoms with Gasteiger partial charge in [-0.1, -0.05) is 34.1 Å². The van der Waals surface area contributed by atoms with Gasteiger partial charge in [0, 0.05) is 23.0 Å². The van der Waals surface area contributed by atoms with Gasteiger partial charge in [-0.25, -0.2) is 4.39 Å². The van der Waals surface area contributed by atoms with Gasteiger partial charge >= 0.3 is 0 Å². The van der Waals surface area contributed by atoms with Crippen molar-refractivity contribution in [1.82, 2.24) is 5.32 Å². The zero-order valence-electron chi connectivity index (χ0n) is 13.1. The lowest BCUT2D eigenvalue weighted by molar-refractivity contribution is 0.262. The molecule has 1 aliphatic rings. The van der Waals surface area contributed by atoms with Crippen LogP contribution in [0.5, 0.6) is 5.75 Å². The molecule has 1 heterocycles. The summed E-state index contributed by atoms with van der Waals surface area (Å²) in [6, 6.07) is 12.9. The summed E-state index contributed by atoms with van der Waals surface area (Å²) in [6.07, 6.45) is 1.32. The fraction of sp³-hybridized carbons (Fsp3) is 0.278. The quantitative estimate of drug-likeness (QED) is 0.618. The standard InChI is InChI=1S/C18H19BrFN3O/c19-13-5-6-15(20)12(11-13)7-9-22-18(21)23-16-8-10-24-17-4-2-1-3-14(16)17/h1-6,11,16H,7-10H2,(H3,21,22,23). The van der Waals surface area contributed by atoms with Crippen molar-refractivity contribution < 1.29 is 9.13 Å². The lowest BCUT2D eigenvalue weighted by Crippen LogP contribution is -2.37. The second kappa shape index (κ2) is 7.66. The van der Waals surface area contributed by atoms with E-state index >= 15 is 0 Å². The van der Waals surface area contributed by atoms with Gasteiger partial charge in [-0.2, -0.15) is 0 Å². The molecule has 126 valence electrons. The molecule has 0 saturated heterocycles. The van der Waals surface area contributed by atoms with Crippen LogP contribution in [0.4, 0.5) is 4.39 Å². The van der Waals surface area contributed by atoms with Gasteiger partial charge in [-0.05, 0) is 36.2 Å². The molecule has 1 unspecified atom stereocenters. The minimum Gasteiger partial charge on any atom is -0.493 e. The van der Waals surface area contributed by atoms with E-state index in [1.54, 1.807) is 12.1 Å². The Balaban J connectivity index is 1.60. The third-order valence-corrected chi connectivity index (χ3v) is 4.44. The predicted octanol–water partition coefficient (Wildman–Crippen LogP) is 3.56. The Bertz CT molecular complexity index is 751. The normalized spacial score (nSPS) is 17.1. The molecular weight excluding hydrogens is 373 g/mol. The van der Waals surface area contributed by atoms with Crippen LogP contribution in [-0.2, 0) is 6.42 Å². The SMILES string of the molecule is NC(=NCCc1cc(Br)ccc1F)NC1CCOc2ccccc21. The molecule has 1 atom stereocenters. The van der Waals surface area contributed by atoms with E-state index < -0.39 is 0 Å². The first-order valence-corrected chi connectivity index (χ1v) is 8.65. The summed E-state index contributed by atoms with van der Waals surface area (Å²) in [5, 5.41) is 3.23. The van der Waals surface area contributed by atoms with E-state index in [-0.39, 0.29) is 11.9 Å². The molecule has 2 aromatic carbocycles. The number of nitrogens with one attached hydrogen (secondary N) is 1. The minimum atomic E-state index is -0.224. The number of hydrogen-bond donors (Lipinski definition) is 2. The monoisotopic (exact) mass is 391 g/mol. The van der Waals surface area contributed by atoms with Crippen LogP contribution in [0.15, 0.2) is 51.9 Å². The molecule has 1 aliphatic heterocycles. The number of nitrogens with two attached hydrogens (primary N) is 1. The number of benzene rings is 2. The van der Waals surface area contributed by atoms with Crippen LogP contribution in [0.3, 0.4) is 0 Å². The number of aliphatic imine (C=N–C) groups is 1. The Morgan fingerprint density at radius 1 is 1.33 bits per heavy atom. The van der Waals surface area contributed by atoms with E-state index in [0.29, 0.717) is 31.1 Å². The van der Waals surface area contributed by atoms with E-state index in [4.69, 9.17) is 10.5 Å². The van der Waals surface area contributed by atoms with E-state index in [2.05, 4.69) is 26.2 Å². The maximum absolute atomic E-state index is 13.7. The van der Waals surface area contributed by atoms with Crippen molar-refractivity contribution in [3.8, 4) is 5.75 Å². The maximum Gasteiger partial charge on any atom is 0.189 e. The van der Waals surface area contributed by atoms with Crippen LogP contribution < -0.4 is 15.8 Å². The number of ether oxygens (including phenoxy) is 1. The lowest BCUT2D eigenvalue weighted by Gasteiger charge is -2.26. The van der Waals surface area contributed by atoms with Crippen molar-refractivity contribution in [3.05, 3.63) is 63.9 Å². The Hall–Kier alpha value is -2.08. The van der Waals surface area contributed by atoms with Gasteiger partial charge < -0.3 is 15.8 Å². The molecule has 3 N–H and O–H groups in total. The van der Waals surface area contributed by atoms with Crippen molar-refractivity contribution in [1.29, 1.82) is 0 Å². The van der Waals surface area contributed by atoms with Gasteiger partial charge in [0.2, 0.25) is 0 Å². The fourth-order valence-corrected chi connectivity index (χ4v) is 3.16. The molecule has 0 bridgehead atoms. The molecule has 0 aromatic heterocycles. The van der Waals surface area contributed by atoms with Crippen molar-refractivity contribution >= 4 is 21.9 Å². The van der Waals surface area contributed by atoms with Gasteiger partial charge in [0.25, 0.3) is 0 Å².